The molecule has 0 spiro atoms. The first-order chi connectivity index (χ1) is 38.0. The van der Waals surface area contributed by atoms with Crippen LogP contribution < -0.4 is 20.1 Å². The molecule has 17 nitrogen and oxygen atoms in total. The summed E-state index contributed by atoms with van der Waals surface area (Å²) < 4.78 is 22.9. The Morgan fingerprint density at radius 3 is 1.90 bits per heavy atom. The van der Waals surface area contributed by atoms with Gasteiger partial charge in [-0.05, 0) is 51.6 Å². The van der Waals surface area contributed by atoms with Crippen molar-refractivity contribution < 1.29 is 47.4 Å². The van der Waals surface area contributed by atoms with E-state index in [4.69, 9.17) is 28.4 Å². The Morgan fingerprint density at radius 1 is 0.769 bits per heavy atom. The molecule has 1 saturated heterocycles. The van der Waals surface area contributed by atoms with Gasteiger partial charge in [0.2, 0.25) is 5.89 Å². The van der Waals surface area contributed by atoms with E-state index in [0.29, 0.717) is 27.4 Å². The summed E-state index contributed by atoms with van der Waals surface area (Å²) >= 11 is 3.76. The van der Waals surface area contributed by atoms with Crippen LogP contribution in [0.1, 0.15) is 53.5 Å². The van der Waals surface area contributed by atoms with Crippen LogP contribution in [-0.2, 0) is 39.1 Å². The van der Waals surface area contributed by atoms with Crippen molar-refractivity contribution in [1.82, 2.24) is 25.4 Å². The van der Waals surface area contributed by atoms with E-state index in [9.17, 15) is 24.0 Å². The molecule has 2 aliphatic heterocycles. The molecule has 78 heavy (non-hydrogen) atoms. The summed E-state index contributed by atoms with van der Waals surface area (Å²) in [5.74, 6) is -2.85. The molecule has 20 heteroatoms. The van der Waals surface area contributed by atoms with Gasteiger partial charge in [0.05, 0.1) is 0 Å². The summed E-state index contributed by atoms with van der Waals surface area (Å²) in [5, 5.41) is 20.7. The van der Waals surface area contributed by atoms with Crippen molar-refractivity contribution in [2.75, 3.05) is 23.9 Å². The van der Waals surface area contributed by atoms with E-state index in [1.54, 1.807) is 11.4 Å². The number of rotatable bonds is 19. The lowest BCUT2D eigenvalue weighted by atomic mass is 9.77. The fourth-order valence-corrected chi connectivity index (χ4v) is 12.1. The molecule has 392 valence electrons. The number of hydrogen-bond donors (Lipinski definition) is 2. The second kappa shape index (κ2) is 23.6. The number of benzene rings is 6. The molecule has 0 unspecified atom stereocenters. The van der Waals surface area contributed by atoms with E-state index >= 15 is 0 Å². The van der Waals surface area contributed by atoms with Gasteiger partial charge in [-0.3, -0.25) is 24.1 Å². The zero-order valence-electron chi connectivity index (χ0n) is 41.9. The van der Waals surface area contributed by atoms with Crippen molar-refractivity contribution in [3.05, 3.63) is 220 Å². The number of carbonyl (C=O) groups excluding carboxylic acids is 5. The second-order valence-electron chi connectivity index (χ2n) is 17.6. The molecule has 4 heterocycles. The lowest BCUT2D eigenvalue weighted by molar-refractivity contribution is -0.154. The molecule has 8 aromatic rings. The molecule has 1 fully saturated rings. The maximum absolute atomic E-state index is 14.8. The van der Waals surface area contributed by atoms with E-state index in [1.807, 2.05) is 152 Å². The summed E-state index contributed by atoms with van der Waals surface area (Å²) in [6, 6.07) is 52.0. The minimum Gasteiger partial charge on any atom is -0.448 e. The predicted octanol–water partition coefficient (Wildman–Crippen LogP) is 9.58. The van der Waals surface area contributed by atoms with Gasteiger partial charge in [-0.25, -0.2) is 9.78 Å². The van der Waals surface area contributed by atoms with Crippen molar-refractivity contribution in [1.29, 1.82) is 0 Å². The number of anilines is 1. The Kier molecular flexibility index (Phi) is 15.9. The topological polar surface area (TPSA) is 214 Å². The number of thioether (sulfide) groups is 2. The number of ether oxygens (including phenoxy) is 3. The van der Waals surface area contributed by atoms with Crippen molar-refractivity contribution in [3.63, 3.8) is 0 Å². The van der Waals surface area contributed by atoms with Crippen molar-refractivity contribution in [2.45, 2.75) is 42.1 Å². The van der Waals surface area contributed by atoms with Gasteiger partial charge in [0.1, 0.15) is 35.5 Å². The van der Waals surface area contributed by atoms with E-state index in [2.05, 4.69) is 26.0 Å². The highest BCUT2D eigenvalue weighted by Gasteiger charge is 2.55. The molecule has 0 radical (unpaired) electrons. The van der Waals surface area contributed by atoms with Crippen LogP contribution >= 0.6 is 34.9 Å². The minimum atomic E-state index is -1.08. The second-order valence-corrected chi connectivity index (χ2v) is 20.5. The van der Waals surface area contributed by atoms with Crippen LogP contribution in [0.5, 0.6) is 11.5 Å². The van der Waals surface area contributed by atoms with E-state index in [-0.39, 0.29) is 51.2 Å². The molecule has 0 saturated carbocycles. The number of fused-ring (bicyclic) bond motifs is 1. The van der Waals surface area contributed by atoms with Gasteiger partial charge >= 0.3 is 17.9 Å². The standard InChI is InChI=1S/C58H47N7O10S3/c1-35(66)72-45-30-29-39(31-46(45)73-36(2)67)52-62-63-57(75-52)78-33-40-32-76-54-48(53(69)65(54)49(40)55(70)74-50(37-19-9-4-10-20-37)38-21-11-5-12-22-38)60-51(68)47(64-71-3)44-34-77-56(59-44)61-58(41-23-13-6-14-24-41,42-25-15-7-16-26-42)43-27-17-8-18-28-43/h4-31,34,48,50,54H,32-33H2,1-3H3,(H,59,61)(H,60,68)/t48-,54+/m1/s1. The molecule has 0 bridgehead atoms. The number of aromatic nitrogens is 3. The zero-order valence-corrected chi connectivity index (χ0v) is 44.4. The number of oxime groups is 1. The fraction of sp³-hybridized carbons (Fsp3) is 0.155. The Morgan fingerprint density at radius 2 is 1.33 bits per heavy atom. The molecule has 2 aliphatic rings. The molecule has 2 amide bonds. The number of nitrogens with one attached hydrogen (secondary N) is 2. The van der Waals surface area contributed by atoms with Crippen LogP contribution in [0.2, 0.25) is 0 Å². The molecule has 6 aromatic carbocycles. The maximum Gasteiger partial charge on any atom is 0.356 e. The van der Waals surface area contributed by atoms with Gasteiger partial charge in [0.15, 0.2) is 28.4 Å². The van der Waals surface area contributed by atoms with Crippen LogP contribution in [0, 0.1) is 0 Å². The van der Waals surface area contributed by atoms with E-state index in [0.717, 1.165) is 28.5 Å². The van der Waals surface area contributed by atoms with Crippen LogP contribution in [-0.4, -0.2) is 85.5 Å². The lowest BCUT2D eigenvalue weighted by Crippen LogP contribution is -2.71. The Labute approximate surface area is 460 Å². The van der Waals surface area contributed by atoms with E-state index in [1.165, 1.54) is 61.1 Å². The van der Waals surface area contributed by atoms with Crippen molar-refractivity contribution >= 4 is 75.4 Å². The first-order valence-corrected chi connectivity index (χ1v) is 27.2. The number of thiazole rings is 1. The van der Waals surface area contributed by atoms with Crippen LogP contribution in [0.4, 0.5) is 5.13 Å². The summed E-state index contributed by atoms with van der Waals surface area (Å²) in [6.07, 6.45) is -0.840. The van der Waals surface area contributed by atoms with Crippen molar-refractivity contribution in [3.8, 4) is 23.0 Å². The Hall–Kier alpha value is -8.85. The average Bonchev–Trinajstić information content (AvgIpc) is 4.16. The monoisotopic (exact) mass is 1100 g/mol. The SMILES string of the molecule is CON=C(C(=O)N[C@@H]1C(=O)N2C(C(=O)OC(c3ccccc3)c3ccccc3)=C(CSc3nnc(-c4ccc(OC(C)=O)c(OC(C)=O)c4)o3)CS[C@@H]12)c1csc(NC(c2ccccc2)(c2ccccc2)c2ccccc2)n1. The molecule has 2 atom stereocenters. The maximum atomic E-state index is 14.8. The molecular weight excluding hydrogens is 1050 g/mol. The number of amides is 2. The molecule has 0 aliphatic carbocycles. The summed E-state index contributed by atoms with van der Waals surface area (Å²) in [6.45, 7) is 2.43. The predicted molar refractivity (Wildman–Crippen MR) is 294 cm³/mol. The van der Waals surface area contributed by atoms with Gasteiger partial charge in [-0.1, -0.05) is 169 Å². The van der Waals surface area contributed by atoms with Crippen LogP contribution in [0.3, 0.4) is 0 Å². The minimum absolute atomic E-state index is 0.0187. The van der Waals surface area contributed by atoms with Crippen molar-refractivity contribution in [2.24, 2.45) is 5.16 Å². The number of nitrogens with zero attached hydrogens (tertiary/aromatic N) is 5. The zero-order chi connectivity index (χ0) is 54.2. The summed E-state index contributed by atoms with van der Waals surface area (Å²) in [7, 11) is 1.32. The van der Waals surface area contributed by atoms with Gasteiger partial charge in [-0.15, -0.1) is 33.3 Å². The van der Waals surface area contributed by atoms with Gasteiger partial charge < -0.3 is 34.1 Å². The quantitative estimate of drug-likeness (QED) is 0.0147. The first-order valence-electron chi connectivity index (χ1n) is 24.3. The lowest BCUT2D eigenvalue weighted by Gasteiger charge is -2.49. The van der Waals surface area contributed by atoms with Crippen LogP contribution in [0.15, 0.2) is 201 Å². The van der Waals surface area contributed by atoms with Gasteiger partial charge in [-0.2, -0.15) is 0 Å². The first kappa shape index (κ1) is 52.6. The Bertz CT molecular complexity index is 3410. The molecule has 2 N–H and O–H groups in total. The highest BCUT2D eigenvalue weighted by molar-refractivity contribution is 8.01. The number of carbonyl (C=O) groups is 5. The number of esters is 3. The van der Waals surface area contributed by atoms with E-state index < -0.39 is 52.8 Å². The largest absolute Gasteiger partial charge is 0.448 e. The average molecular weight is 1100 g/mol. The third-order valence-corrected chi connectivity index (χ3v) is 15.5. The number of hydrogen-bond acceptors (Lipinski definition) is 18. The third-order valence-electron chi connectivity index (χ3n) is 12.5. The number of β-lactam (4-membered cyclic amide) rings is 1. The molecule has 2 aromatic heterocycles. The van der Waals surface area contributed by atoms with Gasteiger partial charge in [0, 0.05) is 36.3 Å². The highest BCUT2D eigenvalue weighted by Crippen LogP contribution is 2.44. The highest BCUT2D eigenvalue weighted by atomic mass is 32.2. The normalized spacial score (nSPS) is 15.2. The fourth-order valence-electron chi connectivity index (χ4n) is 9.06. The summed E-state index contributed by atoms with van der Waals surface area (Å²) in [5.41, 5.74) is 4.35. The Balaban J connectivity index is 0.917. The summed E-state index contributed by atoms with van der Waals surface area (Å²) in [4.78, 5) is 78.9. The van der Waals surface area contributed by atoms with Gasteiger partial charge in [0.25, 0.3) is 17.0 Å². The molecular formula is C58H47N7O10S3. The molecule has 10 rings (SSSR count). The third kappa shape index (κ3) is 11.2. The van der Waals surface area contributed by atoms with Crippen LogP contribution in [0.25, 0.3) is 11.5 Å². The smallest absolute Gasteiger partial charge is 0.356 e.